The predicted molar refractivity (Wildman–Crippen MR) is 89.9 cm³/mol. The number of aromatic nitrogens is 4. The molecule has 0 aliphatic heterocycles. The molecule has 0 bridgehead atoms. The van der Waals surface area contributed by atoms with E-state index in [1.807, 2.05) is 6.07 Å². The minimum absolute atomic E-state index is 0.116. The van der Waals surface area contributed by atoms with E-state index in [1.54, 1.807) is 18.3 Å². The Morgan fingerprint density at radius 3 is 2.79 bits per heavy atom. The Bertz CT molecular complexity index is 935. The number of hydrogen-bond donors (Lipinski definition) is 2. The number of hydrogen-bond acceptors (Lipinski definition) is 4. The number of nitrogens with zero attached hydrogens (tertiary/aromatic N) is 3. The summed E-state index contributed by atoms with van der Waals surface area (Å²) in [5.41, 5.74) is 2.11. The third kappa shape index (κ3) is 3.19. The number of fused-ring (bicyclic) bond motifs is 1. The fourth-order valence-corrected chi connectivity index (χ4v) is 2.29. The first-order valence-corrected chi connectivity index (χ1v) is 7.65. The average Bonchev–Trinajstić information content (AvgIpc) is 2.98. The quantitative estimate of drug-likeness (QED) is 0.766. The van der Waals surface area contributed by atoms with Gasteiger partial charge in [-0.25, -0.2) is 9.50 Å². The van der Waals surface area contributed by atoms with Crippen LogP contribution >= 0.6 is 0 Å². The Hall–Kier alpha value is -2.96. The molecule has 7 nitrogen and oxygen atoms in total. The van der Waals surface area contributed by atoms with Gasteiger partial charge in [-0.1, -0.05) is 20.8 Å². The minimum Gasteiger partial charge on any atom is -0.346 e. The molecule has 0 spiro atoms. The summed E-state index contributed by atoms with van der Waals surface area (Å²) in [7, 11) is 0. The number of carbonyl (C=O) groups excluding carboxylic acids is 1. The molecule has 3 aromatic heterocycles. The third-order valence-electron chi connectivity index (χ3n) is 3.67. The summed E-state index contributed by atoms with van der Waals surface area (Å²) in [6, 6.07) is 6.64. The molecule has 3 heterocycles. The van der Waals surface area contributed by atoms with Crippen molar-refractivity contribution in [1.29, 1.82) is 0 Å². The van der Waals surface area contributed by atoms with Crippen LogP contribution in [0.2, 0.25) is 0 Å². The molecule has 0 saturated heterocycles. The SMILES string of the molecule is CC(C)(C)c1cc2nc(CNC(=O)c3cccnc3)cc(=O)n2[nH]1. The molecular weight excluding hydrogens is 306 g/mol. The summed E-state index contributed by atoms with van der Waals surface area (Å²) in [6.45, 7) is 6.34. The van der Waals surface area contributed by atoms with Crippen LogP contribution in [0, 0.1) is 0 Å². The smallest absolute Gasteiger partial charge is 0.272 e. The molecule has 0 aliphatic rings. The first-order valence-electron chi connectivity index (χ1n) is 7.65. The molecule has 1 amide bonds. The van der Waals surface area contributed by atoms with Crippen LogP contribution in [0.1, 0.15) is 42.5 Å². The van der Waals surface area contributed by atoms with E-state index in [0.717, 1.165) is 5.69 Å². The van der Waals surface area contributed by atoms with Gasteiger partial charge in [-0.15, -0.1) is 0 Å². The Kier molecular flexibility index (Phi) is 3.92. The van der Waals surface area contributed by atoms with Crippen LogP contribution in [-0.2, 0) is 12.0 Å². The zero-order chi connectivity index (χ0) is 17.3. The van der Waals surface area contributed by atoms with E-state index < -0.39 is 0 Å². The monoisotopic (exact) mass is 325 g/mol. The molecule has 0 radical (unpaired) electrons. The van der Waals surface area contributed by atoms with Gasteiger partial charge in [-0.2, -0.15) is 0 Å². The minimum atomic E-state index is -0.255. The molecule has 3 rings (SSSR count). The van der Waals surface area contributed by atoms with Gasteiger partial charge < -0.3 is 5.32 Å². The molecule has 24 heavy (non-hydrogen) atoms. The van der Waals surface area contributed by atoms with E-state index in [0.29, 0.717) is 16.9 Å². The van der Waals surface area contributed by atoms with Crippen molar-refractivity contribution in [2.24, 2.45) is 0 Å². The van der Waals surface area contributed by atoms with Gasteiger partial charge in [0, 0.05) is 35.6 Å². The summed E-state index contributed by atoms with van der Waals surface area (Å²) >= 11 is 0. The molecule has 124 valence electrons. The van der Waals surface area contributed by atoms with Crippen molar-refractivity contribution in [3.63, 3.8) is 0 Å². The summed E-state index contributed by atoms with van der Waals surface area (Å²) < 4.78 is 1.41. The van der Waals surface area contributed by atoms with Crippen molar-refractivity contribution in [2.75, 3.05) is 0 Å². The van der Waals surface area contributed by atoms with Crippen LogP contribution in [0.3, 0.4) is 0 Å². The van der Waals surface area contributed by atoms with Crippen LogP contribution in [-0.4, -0.2) is 25.5 Å². The predicted octanol–water partition coefficient (Wildman–Crippen LogP) is 1.65. The van der Waals surface area contributed by atoms with Gasteiger partial charge in [0.05, 0.1) is 17.8 Å². The molecular formula is C17H19N5O2. The van der Waals surface area contributed by atoms with E-state index in [4.69, 9.17) is 0 Å². The van der Waals surface area contributed by atoms with Gasteiger partial charge in [0.1, 0.15) is 0 Å². The average molecular weight is 325 g/mol. The van der Waals surface area contributed by atoms with E-state index >= 15 is 0 Å². The van der Waals surface area contributed by atoms with Crippen LogP contribution in [0.25, 0.3) is 5.65 Å². The van der Waals surface area contributed by atoms with Crippen molar-refractivity contribution in [3.05, 3.63) is 64.0 Å². The lowest BCUT2D eigenvalue weighted by Gasteiger charge is -2.14. The second-order valence-corrected chi connectivity index (χ2v) is 6.62. The lowest BCUT2D eigenvalue weighted by molar-refractivity contribution is 0.0950. The van der Waals surface area contributed by atoms with Gasteiger partial charge in [-0.3, -0.25) is 19.7 Å². The normalized spacial score (nSPS) is 11.6. The molecule has 3 aromatic rings. The summed E-state index contributed by atoms with van der Waals surface area (Å²) in [4.78, 5) is 32.6. The first kappa shape index (κ1) is 15.9. The molecule has 0 fully saturated rings. The maximum absolute atomic E-state index is 12.2. The molecule has 0 atom stereocenters. The van der Waals surface area contributed by atoms with E-state index in [9.17, 15) is 9.59 Å². The molecule has 0 aliphatic carbocycles. The number of amides is 1. The topological polar surface area (TPSA) is 92.2 Å². The van der Waals surface area contributed by atoms with Crippen LogP contribution in [0.15, 0.2) is 41.5 Å². The van der Waals surface area contributed by atoms with Gasteiger partial charge in [0.15, 0.2) is 5.65 Å². The standard InChI is InChI=1S/C17H19N5O2/c1-17(2,3)13-8-14-20-12(7-15(23)22(14)21-13)10-19-16(24)11-5-4-6-18-9-11/h4-9,21H,10H2,1-3H3,(H,19,24). The number of pyridine rings is 1. The fraction of sp³-hybridized carbons (Fsp3) is 0.294. The van der Waals surface area contributed by atoms with Crippen molar-refractivity contribution in [3.8, 4) is 0 Å². The Morgan fingerprint density at radius 2 is 2.12 bits per heavy atom. The maximum Gasteiger partial charge on any atom is 0.272 e. The number of H-pyrrole nitrogens is 1. The number of carbonyl (C=O) groups is 1. The van der Waals surface area contributed by atoms with Crippen LogP contribution in [0.4, 0.5) is 0 Å². The first-order chi connectivity index (χ1) is 11.3. The summed E-state index contributed by atoms with van der Waals surface area (Å²) in [5.74, 6) is -0.255. The Labute approximate surface area is 138 Å². The number of aromatic amines is 1. The van der Waals surface area contributed by atoms with E-state index in [-0.39, 0.29) is 23.4 Å². The zero-order valence-electron chi connectivity index (χ0n) is 13.8. The van der Waals surface area contributed by atoms with Crippen molar-refractivity contribution in [1.82, 2.24) is 24.9 Å². The van der Waals surface area contributed by atoms with Crippen LogP contribution < -0.4 is 10.9 Å². The van der Waals surface area contributed by atoms with E-state index in [2.05, 4.69) is 41.2 Å². The Balaban J connectivity index is 1.83. The number of nitrogens with one attached hydrogen (secondary N) is 2. The second-order valence-electron chi connectivity index (χ2n) is 6.62. The highest BCUT2D eigenvalue weighted by Crippen LogP contribution is 2.20. The zero-order valence-corrected chi connectivity index (χ0v) is 13.8. The van der Waals surface area contributed by atoms with Gasteiger partial charge >= 0.3 is 0 Å². The molecule has 2 N–H and O–H groups in total. The maximum atomic E-state index is 12.2. The van der Waals surface area contributed by atoms with Gasteiger partial charge in [0.2, 0.25) is 0 Å². The lowest BCUT2D eigenvalue weighted by Crippen LogP contribution is -2.25. The highest BCUT2D eigenvalue weighted by atomic mass is 16.1. The summed E-state index contributed by atoms with van der Waals surface area (Å²) in [5, 5.41) is 5.81. The van der Waals surface area contributed by atoms with Crippen molar-refractivity contribution >= 4 is 11.6 Å². The van der Waals surface area contributed by atoms with Gasteiger partial charge in [-0.05, 0) is 12.1 Å². The fourth-order valence-electron chi connectivity index (χ4n) is 2.29. The van der Waals surface area contributed by atoms with Crippen molar-refractivity contribution < 1.29 is 4.79 Å². The summed E-state index contributed by atoms with van der Waals surface area (Å²) in [6.07, 6.45) is 3.09. The highest BCUT2D eigenvalue weighted by Gasteiger charge is 2.18. The van der Waals surface area contributed by atoms with E-state index in [1.165, 1.54) is 16.8 Å². The van der Waals surface area contributed by atoms with Crippen LogP contribution in [0.5, 0.6) is 0 Å². The highest BCUT2D eigenvalue weighted by molar-refractivity contribution is 5.93. The number of rotatable bonds is 3. The third-order valence-corrected chi connectivity index (χ3v) is 3.67. The lowest BCUT2D eigenvalue weighted by atomic mass is 9.93. The largest absolute Gasteiger partial charge is 0.346 e. The van der Waals surface area contributed by atoms with Gasteiger partial charge in [0.25, 0.3) is 11.5 Å². The second kappa shape index (κ2) is 5.92. The Morgan fingerprint density at radius 1 is 1.33 bits per heavy atom. The molecule has 0 aromatic carbocycles. The molecule has 7 heteroatoms. The molecule has 0 saturated carbocycles. The van der Waals surface area contributed by atoms with Crippen molar-refractivity contribution in [2.45, 2.75) is 32.7 Å². The molecule has 0 unspecified atom stereocenters.